The lowest BCUT2D eigenvalue weighted by Crippen LogP contribution is -2.49. The van der Waals surface area contributed by atoms with Gasteiger partial charge in [-0.15, -0.1) is 0 Å². The standard InChI is InChI=1S/C15H18N4O2/c1-21-14-5-3-2-4-13(14)18-6-8-19(9-7-18)15(20)12-10-16-11-17-12/h2-5,10-11H,6-9H2,1H3,(H,16,17). The quantitative estimate of drug-likeness (QED) is 0.926. The maximum absolute atomic E-state index is 12.2. The van der Waals surface area contributed by atoms with Crippen LogP contribution in [0.2, 0.25) is 0 Å². The number of hydrogen-bond donors (Lipinski definition) is 1. The van der Waals surface area contributed by atoms with Crippen LogP contribution in [-0.2, 0) is 0 Å². The van der Waals surface area contributed by atoms with Crippen molar-refractivity contribution in [3.8, 4) is 5.75 Å². The summed E-state index contributed by atoms with van der Waals surface area (Å²) < 4.78 is 5.40. The third-order valence-electron chi connectivity index (χ3n) is 3.72. The molecule has 0 unspecified atom stereocenters. The minimum atomic E-state index is 0.00665. The number of ether oxygens (including phenoxy) is 1. The Kier molecular flexibility index (Phi) is 3.77. The molecule has 1 amide bonds. The van der Waals surface area contributed by atoms with E-state index in [0.717, 1.165) is 24.5 Å². The van der Waals surface area contributed by atoms with E-state index in [4.69, 9.17) is 4.74 Å². The number of methoxy groups -OCH3 is 1. The van der Waals surface area contributed by atoms with Crippen LogP contribution in [0.1, 0.15) is 10.5 Å². The van der Waals surface area contributed by atoms with Crippen LogP contribution >= 0.6 is 0 Å². The highest BCUT2D eigenvalue weighted by atomic mass is 16.5. The van der Waals surface area contributed by atoms with E-state index in [-0.39, 0.29) is 5.91 Å². The number of anilines is 1. The first kappa shape index (κ1) is 13.5. The average molecular weight is 286 g/mol. The van der Waals surface area contributed by atoms with Gasteiger partial charge >= 0.3 is 0 Å². The van der Waals surface area contributed by atoms with Crippen molar-refractivity contribution in [2.75, 3.05) is 38.2 Å². The van der Waals surface area contributed by atoms with Crippen molar-refractivity contribution in [1.29, 1.82) is 0 Å². The molecule has 2 aromatic rings. The number of nitrogens with zero attached hydrogens (tertiary/aromatic N) is 3. The van der Waals surface area contributed by atoms with Crippen LogP contribution in [0.5, 0.6) is 5.75 Å². The van der Waals surface area contributed by atoms with Crippen LogP contribution in [0.15, 0.2) is 36.8 Å². The first-order chi connectivity index (χ1) is 10.3. The van der Waals surface area contributed by atoms with E-state index in [1.165, 1.54) is 6.33 Å². The Balaban J connectivity index is 1.66. The topological polar surface area (TPSA) is 61.5 Å². The molecular formula is C15H18N4O2. The van der Waals surface area contributed by atoms with Crippen LogP contribution in [-0.4, -0.2) is 54.1 Å². The van der Waals surface area contributed by atoms with Gasteiger partial charge in [-0.05, 0) is 12.1 Å². The van der Waals surface area contributed by atoms with Gasteiger partial charge in [0.2, 0.25) is 0 Å². The summed E-state index contributed by atoms with van der Waals surface area (Å²) in [6.45, 7) is 2.96. The molecule has 0 spiro atoms. The molecule has 1 N–H and O–H groups in total. The molecule has 1 fully saturated rings. The molecule has 0 atom stereocenters. The van der Waals surface area contributed by atoms with Gasteiger partial charge in [0.1, 0.15) is 11.4 Å². The summed E-state index contributed by atoms with van der Waals surface area (Å²) in [6, 6.07) is 7.96. The van der Waals surface area contributed by atoms with Gasteiger partial charge in [0.25, 0.3) is 5.91 Å². The third-order valence-corrected chi connectivity index (χ3v) is 3.72. The largest absolute Gasteiger partial charge is 0.495 e. The fraction of sp³-hybridized carbons (Fsp3) is 0.333. The Morgan fingerprint density at radius 1 is 1.24 bits per heavy atom. The van der Waals surface area contributed by atoms with E-state index >= 15 is 0 Å². The van der Waals surface area contributed by atoms with Crippen molar-refractivity contribution < 1.29 is 9.53 Å². The SMILES string of the molecule is COc1ccccc1N1CCN(C(=O)c2cnc[nH]2)CC1. The molecule has 1 saturated heterocycles. The average Bonchev–Trinajstić information content (AvgIpc) is 3.09. The lowest BCUT2D eigenvalue weighted by atomic mass is 10.2. The fourth-order valence-corrected chi connectivity index (χ4v) is 2.58. The first-order valence-corrected chi connectivity index (χ1v) is 6.95. The van der Waals surface area contributed by atoms with Crippen LogP contribution in [0.4, 0.5) is 5.69 Å². The van der Waals surface area contributed by atoms with Crippen molar-refractivity contribution in [2.45, 2.75) is 0 Å². The number of benzene rings is 1. The summed E-state index contributed by atoms with van der Waals surface area (Å²) in [4.78, 5) is 23.1. The van der Waals surface area contributed by atoms with Gasteiger partial charge in [-0.2, -0.15) is 0 Å². The summed E-state index contributed by atoms with van der Waals surface area (Å²) in [5.41, 5.74) is 1.62. The van der Waals surface area contributed by atoms with E-state index < -0.39 is 0 Å². The Hall–Kier alpha value is -2.50. The number of aromatic nitrogens is 2. The second kappa shape index (κ2) is 5.87. The van der Waals surface area contributed by atoms with Crippen LogP contribution < -0.4 is 9.64 Å². The molecule has 21 heavy (non-hydrogen) atoms. The molecule has 3 rings (SSSR count). The number of piperazine rings is 1. The minimum absolute atomic E-state index is 0.00665. The summed E-state index contributed by atoms with van der Waals surface area (Å²) >= 11 is 0. The maximum atomic E-state index is 12.2. The van der Waals surface area contributed by atoms with Crippen molar-refractivity contribution >= 4 is 11.6 Å². The fourth-order valence-electron chi connectivity index (χ4n) is 2.58. The molecule has 6 heteroatoms. The predicted molar refractivity (Wildman–Crippen MR) is 79.7 cm³/mol. The molecule has 1 aliphatic rings. The van der Waals surface area contributed by atoms with Gasteiger partial charge in [-0.25, -0.2) is 4.98 Å². The number of amides is 1. The van der Waals surface area contributed by atoms with Crippen LogP contribution in [0.25, 0.3) is 0 Å². The Labute approximate surface area is 123 Å². The molecule has 2 heterocycles. The van der Waals surface area contributed by atoms with Crippen molar-refractivity contribution in [3.05, 3.63) is 42.5 Å². The van der Waals surface area contributed by atoms with Crippen molar-refractivity contribution in [2.24, 2.45) is 0 Å². The van der Waals surface area contributed by atoms with Gasteiger partial charge in [-0.1, -0.05) is 12.1 Å². The van der Waals surface area contributed by atoms with Crippen molar-refractivity contribution in [1.82, 2.24) is 14.9 Å². The second-order valence-corrected chi connectivity index (χ2v) is 4.92. The zero-order valence-electron chi connectivity index (χ0n) is 12.0. The Morgan fingerprint density at radius 2 is 2.00 bits per heavy atom. The number of nitrogens with one attached hydrogen (secondary N) is 1. The minimum Gasteiger partial charge on any atom is -0.495 e. The monoisotopic (exact) mass is 286 g/mol. The molecule has 1 aliphatic heterocycles. The number of imidazole rings is 1. The van der Waals surface area contributed by atoms with E-state index in [1.807, 2.05) is 29.2 Å². The van der Waals surface area contributed by atoms with Gasteiger partial charge in [0.15, 0.2) is 0 Å². The third kappa shape index (κ3) is 2.69. The zero-order valence-corrected chi connectivity index (χ0v) is 12.0. The van der Waals surface area contributed by atoms with E-state index in [0.29, 0.717) is 18.8 Å². The Morgan fingerprint density at radius 3 is 2.67 bits per heavy atom. The number of rotatable bonds is 3. The predicted octanol–water partition coefficient (Wildman–Crippen LogP) is 1.38. The highest BCUT2D eigenvalue weighted by Crippen LogP contribution is 2.28. The zero-order chi connectivity index (χ0) is 14.7. The molecule has 0 saturated carbocycles. The molecule has 6 nitrogen and oxygen atoms in total. The van der Waals surface area contributed by atoms with E-state index in [1.54, 1.807) is 13.3 Å². The van der Waals surface area contributed by atoms with Gasteiger partial charge in [-0.3, -0.25) is 4.79 Å². The molecule has 0 aliphatic carbocycles. The molecule has 110 valence electrons. The molecular weight excluding hydrogens is 268 g/mol. The number of hydrogen-bond acceptors (Lipinski definition) is 4. The first-order valence-electron chi connectivity index (χ1n) is 6.95. The Bertz CT molecular complexity index is 604. The van der Waals surface area contributed by atoms with Crippen LogP contribution in [0.3, 0.4) is 0 Å². The van der Waals surface area contributed by atoms with Gasteiger partial charge < -0.3 is 19.5 Å². The van der Waals surface area contributed by atoms with E-state index in [9.17, 15) is 4.79 Å². The number of carbonyl (C=O) groups excluding carboxylic acids is 1. The van der Waals surface area contributed by atoms with Gasteiger partial charge in [0, 0.05) is 26.2 Å². The molecule has 1 aromatic heterocycles. The summed E-state index contributed by atoms with van der Waals surface area (Å²) in [6.07, 6.45) is 3.09. The normalized spacial score (nSPS) is 15.1. The molecule has 1 aromatic carbocycles. The summed E-state index contributed by atoms with van der Waals surface area (Å²) in [7, 11) is 1.68. The van der Waals surface area contributed by atoms with Crippen molar-refractivity contribution in [3.63, 3.8) is 0 Å². The number of para-hydroxylation sites is 2. The number of H-pyrrole nitrogens is 1. The number of carbonyl (C=O) groups is 1. The number of aromatic amines is 1. The highest BCUT2D eigenvalue weighted by Gasteiger charge is 2.24. The molecule has 0 bridgehead atoms. The summed E-state index contributed by atoms with van der Waals surface area (Å²) in [5.74, 6) is 0.873. The van der Waals surface area contributed by atoms with Gasteiger partial charge in [0.05, 0.1) is 25.3 Å². The maximum Gasteiger partial charge on any atom is 0.272 e. The lowest BCUT2D eigenvalue weighted by molar-refractivity contribution is 0.0741. The smallest absolute Gasteiger partial charge is 0.272 e. The van der Waals surface area contributed by atoms with Crippen LogP contribution in [0, 0.1) is 0 Å². The second-order valence-electron chi connectivity index (χ2n) is 4.92. The molecule has 0 radical (unpaired) electrons. The lowest BCUT2D eigenvalue weighted by Gasteiger charge is -2.36. The highest BCUT2D eigenvalue weighted by molar-refractivity contribution is 5.92. The van der Waals surface area contributed by atoms with E-state index in [2.05, 4.69) is 14.9 Å². The summed E-state index contributed by atoms with van der Waals surface area (Å²) in [5, 5.41) is 0.